The zero-order valence-electron chi connectivity index (χ0n) is 10.8. The fourth-order valence-corrected chi connectivity index (χ4v) is 1.86. The summed E-state index contributed by atoms with van der Waals surface area (Å²) in [6.07, 6.45) is 4.49. The number of aromatic nitrogens is 1. The average Bonchev–Trinajstić information content (AvgIpc) is 2.82. The van der Waals surface area contributed by atoms with Crippen molar-refractivity contribution in [1.29, 1.82) is 0 Å². The summed E-state index contributed by atoms with van der Waals surface area (Å²) in [5.41, 5.74) is 2.39. The summed E-state index contributed by atoms with van der Waals surface area (Å²) in [7, 11) is 0. The van der Waals surface area contributed by atoms with Gasteiger partial charge < -0.3 is 14.8 Å². The first-order valence-electron chi connectivity index (χ1n) is 6.32. The Morgan fingerprint density at radius 2 is 2.26 bits per heavy atom. The standard InChI is InChI=1S/C15H17NO3/c1-2-19-15(18)14-10-12-7-6-11(5-3-4-8-17)9-13(12)16-14/h3,5-7,9-10,16-17H,2,4,8H2,1H3. The van der Waals surface area contributed by atoms with Gasteiger partial charge in [0.25, 0.3) is 0 Å². The van der Waals surface area contributed by atoms with Crippen LogP contribution < -0.4 is 0 Å². The highest BCUT2D eigenvalue weighted by molar-refractivity contribution is 5.95. The van der Waals surface area contributed by atoms with Crippen molar-refractivity contribution in [1.82, 2.24) is 4.98 Å². The number of carbonyl (C=O) groups excluding carboxylic acids is 1. The van der Waals surface area contributed by atoms with E-state index in [2.05, 4.69) is 4.98 Å². The number of carbonyl (C=O) groups is 1. The molecule has 2 rings (SSSR count). The first kappa shape index (κ1) is 13.4. The van der Waals surface area contributed by atoms with E-state index in [-0.39, 0.29) is 12.6 Å². The van der Waals surface area contributed by atoms with E-state index in [1.807, 2.05) is 30.4 Å². The van der Waals surface area contributed by atoms with Crippen LogP contribution in [0, 0.1) is 0 Å². The second-order valence-electron chi connectivity index (χ2n) is 4.16. The van der Waals surface area contributed by atoms with Crippen molar-refractivity contribution < 1.29 is 14.6 Å². The predicted octanol–water partition coefficient (Wildman–Crippen LogP) is 2.74. The van der Waals surface area contributed by atoms with Gasteiger partial charge >= 0.3 is 5.97 Å². The molecule has 2 aromatic rings. The molecule has 0 saturated carbocycles. The SMILES string of the molecule is CCOC(=O)c1cc2ccc(C=CCCO)cc2[nH]1. The van der Waals surface area contributed by atoms with Gasteiger partial charge in [-0.1, -0.05) is 24.3 Å². The van der Waals surface area contributed by atoms with Crippen LogP contribution >= 0.6 is 0 Å². The third kappa shape index (κ3) is 3.23. The van der Waals surface area contributed by atoms with Gasteiger partial charge in [0.05, 0.1) is 6.61 Å². The fraction of sp³-hybridized carbons (Fsp3) is 0.267. The molecule has 1 aromatic carbocycles. The highest BCUT2D eigenvalue weighted by Gasteiger charge is 2.09. The monoisotopic (exact) mass is 259 g/mol. The maximum absolute atomic E-state index is 11.6. The molecular weight excluding hydrogens is 242 g/mol. The number of fused-ring (bicyclic) bond motifs is 1. The van der Waals surface area contributed by atoms with Crippen LogP contribution in [0.25, 0.3) is 17.0 Å². The summed E-state index contributed by atoms with van der Waals surface area (Å²) in [6.45, 7) is 2.29. The molecular formula is C15H17NO3. The number of rotatable bonds is 5. The molecule has 4 nitrogen and oxygen atoms in total. The molecule has 0 aliphatic heterocycles. The first-order valence-corrected chi connectivity index (χ1v) is 6.32. The Hall–Kier alpha value is -2.07. The van der Waals surface area contributed by atoms with E-state index < -0.39 is 0 Å². The van der Waals surface area contributed by atoms with E-state index in [0.29, 0.717) is 18.7 Å². The topological polar surface area (TPSA) is 62.3 Å². The summed E-state index contributed by atoms with van der Waals surface area (Å²) in [5, 5.41) is 9.70. The predicted molar refractivity (Wildman–Crippen MR) is 75.0 cm³/mol. The third-order valence-corrected chi connectivity index (χ3v) is 2.75. The lowest BCUT2D eigenvalue weighted by atomic mass is 10.1. The van der Waals surface area contributed by atoms with Crippen LogP contribution in [0.5, 0.6) is 0 Å². The number of H-pyrrole nitrogens is 1. The van der Waals surface area contributed by atoms with Crippen molar-refractivity contribution in [2.75, 3.05) is 13.2 Å². The molecule has 0 fully saturated rings. The summed E-state index contributed by atoms with van der Waals surface area (Å²) in [5.74, 6) is -0.337. The quantitative estimate of drug-likeness (QED) is 0.811. The number of nitrogens with one attached hydrogen (secondary N) is 1. The molecule has 0 spiro atoms. The van der Waals surface area contributed by atoms with E-state index in [9.17, 15) is 4.79 Å². The van der Waals surface area contributed by atoms with Crippen LogP contribution in [0.4, 0.5) is 0 Å². The number of aromatic amines is 1. The summed E-state index contributed by atoms with van der Waals surface area (Å²) >= 11 is 0. The van der Waals surface area contributed by atoms with E-state index in [1.54, 1.807) is 13.0 Å². The minimum atomic E-state index is -0.337. The molecule has 0 radical (unpaired) electrons. The molecule has 1 aromatic heterocycles. The van der Waals surface area contributed by atoms with Gasteiger partial charge in [-0.25, -0.2) is 4.79 Å². The van der Waals surface area contributed by atoms with Gasteiger partial charge in [-0.3, -0.25) is 0 Å². The van der Waals surface area contributed by atoms with Gasteiger partial charge in [0, 0.05) is 17.5 Å². The molecule has 0 aliphatic carbocycles. The van der Waals surface area contributed by atoms with Gasteiger partial charge in [0.1, 0.15) is 5.69 Å². The second-order valence-corrected chi connectivity index (χ2v) is 4.16. The van der Waals surface area contributed by atoms with Crippen molar-refractivity contribution in [3.63, 3.8) is 0 Å². The van der Waals surface area contributed by atoms with Crippen molar-refractivity contribution >= 4 is 22.9 Å². The second kappa shape index (κ2) is 6.20. The molecule has 2 N–H and O–H groups in total. The van der Waals surface area contributed by atoms with Gasteiger partial charge in [0.2, 0.25) is 0 Å². The smallest absolute Gasteiger partial charge is 0.354 e. The molecule has 19 heavy (non-hydrogen) atoms. The lowest BCUT2D eigenvalue weighted by Gasteiger charge is -1.97. The van der Waals surface area contributed by atoms with Crippen LogP contribution in [0.3, 0.4) is 0 Å². The molecule has 0 atom stereocenters. The number of hydrogen-bond acceptors (Lipinski definition) is 3. The Balaban J connectivity index is 2.25. The van der Waals surface area contributed by atoms with Gasteiger partial charge in [-0.2, -0.15) is 0 Å². The summed E-state index contributed by atoms with van der Waals surface area (Å²) in [6, 6.07) is 7.67. The molecule has 0 bridgehead atoms. The lowest BCUT2D eigenvalue weighted by Crippen LogP contribution is -2.04. The largest absolute Gasteiger partial charge is 0.461 e. The van der Waals surface area contributed by atoms with Crippen LogP contribution in [0.2, 0.25) is 0 Å². The van der Waals surface area contributed by atoms with Crippen molar-refractivity contribution in [3.05, 3.63) is 41.6 Å². The molecule has 1 heterocycles. The number of ether oxygens (including phenoxy) is 1. The minimum Gasteiger partial charge on any atom is -0.461 e. The molecule has 100 valence electrons. The van der Waals surface area contributed by atoms with E-state index in [0.717, 1.165) is 16.5 Å². The molecule has 0 aliphatic rings. The Morgan fingerprint density at radius 3 is 3.00 bits per heavy atom. The molecule has 0 unspecified atom stereocenters. The highest BCUT2D eigenvalue weighted by Crippen LogP contribution is 2.18. The van der Waals surface area contributed by atoms with Crippen molar-refractivity contribution in [3.8, 4) is 0 Å². The van der Waals surface area contributed by atoms with Crippen molar-refractivity contribution in [2.45, 2.75) is 13.3 Å². The third-order valence-electron chi connectivity index (χ3n) is 2.75. The van der Waals surface area contributed by atoms with Crippen LogP contribution in [-0.2, 0) is 4.74 Å². The van der Waals surface area contributed by atoms with E-state index >= 15 is 0 Å². The Labute approximate surface area is 111 Å². The van der Waals surface area contributed by atoms with E-state index in [4.69, 9.17) is 9.84 Å². The lowest BCUT2D eigenvalue weighted by molar-refractivity contribution is 0.0520. The molecule has 4 heteroatoms. The average molecular weight is 259 g/mol. The van der Waals surface area contributed by atoms with Gasteiger partial charge in [-0.05, 0) is 31.0 Å². The number of aliphatic hydroxyl groups is 1. The summed E-state index contributed by atoms with van der Waals surface area (Å²) < 4.78 is 4.96. The fourth-order valence-electron chi connectivity index (χ4n) is 1.86. The molecule has 0 saturated heterocycles. The summed E-state index contributed by atoms with van der Waals surface area (Å²) in [4.78, 5) is 14.7. The number of benzene rings is 1. The normalized spacial score (nSPS) is 11.3. The Kier molecular flexibility index (Phi) is 4.36. The maximum Gasteiger partial charge on any atom is 0.354 e. The minimum absolute atomic E-state index is 0.147. The molecule has 0 amide bonds. The van der Waals surface area contributed by atoms with Crippen LogP contribution in [0.1, 0.15) is 29.4 Å². The van der Waals surface area contributed by atoms with E-state index in [1.165, 1.54) is 0 Å². The maximum atomic E-state index is 11.6. The zero-order valence-corrected chi connectivity index (χ0v) is 10.8. The number of aliphatic hydroxyl groups excluding tert-OH is 1. The Bertz CT molecular complexity index is 598. The van der Waals surface area contributed by atoms with Crippen LogP contribution in [-0.4, -0.2) is 29.3 Å². The van der Waals surface area contributed by atoms with Gasteiger partial charge in [0.15, 0.2) is 0 Å². The first-order chi connectivity index (χ1) is 9.24. The number of hydrogen-bond donors (Lipinski definition) is 2. The highest BCUT2D eigenvalue weighted by atomic mass is 16.5. The van der Waals surface area contributed by atoms with Gasteiger partial charge in [-0.15, -0.1) is 0 Å². The zero-order chi connectivity index (χ0) is 13.7. The Morgan fingerprint density at radius 1 is 1.42 bits per heavy atom. The van der Waals surface area contributed by atoms with Crippen LogP contribution in [0.15, 0.2) is 30.3 Å². The van der Waals surface area contributed by atoms with Crippen molar-refractivity contribution in [2.24, 2.45) is 0 Å². The number of esters is 1.